The Morgan fingerprint density at radius 2 is 1.74 bits per heavy atom. The van der Waals surface area contributed by atoms with Crippen molar-refractivity contribution >= 4 is 12.2 Å². The number of nitrogens with zero attached hydrogens (tertiary/aromatic N) is 5. The summed E-state index contributed by atoms with van der Waals surface area (Å²) in [6.07, 6.45) is -0.291. The predicted octanol–water partition coefficient (Wildman–Crippen LogP) is 3.41. The molecule has 31 heavy (non-hydrogen) atoms. The van der Waals surface area contributed by atoms with Crippen molar-refractivity contribution < 1.29 is 9.47 Å². The summed E-state index contributed by atoms with van der Waals surface area (Å²) in [5, 5.41) is 4.86. The van der Waals surface area contributed by atoms with Crippen LogP contribution in [0.3, 0.4) is 0 Å². The van der Waals surface area contributed by atoms with Gasteiger partial charge in [0.2, 0.25) is 0 Å². The van der Waals surface area contributed by atoms with Gasteiger partial charge in [0.25, 0.3) is 0 Å². The monoisotopic (exact) mass is 437 g/mol. The molecule has 2 unspecified atom stereocenters. The van der Waals surface area contributed by atoms with Crippen LogP contribution < -0.4 is 9.47 Å². The third kappa shape index (κ3) is 3.98. The Morgan fingerprint density at radius 3 is 2.55 bits per heavy atom. The highest BCUT2D eigenvalue weighted by Gasteiger charge is 2.30. The minimum absolute atomic E-state index is 0.291. The average molecular weight is 438 g/mol. The molecule has 3 heterocycles. The topological polar surface area (TPSA) is 47.7 Å². The number of benzene rings is 2. The summed E-state index contributed by atoms with van der Waals surface area (Å²) >= 11 is 5.74. The summed E-state index contributed by atoms with van der Waals surface area (Å²) < 4.78 is 16.6. The van der Waals surface area contributed by atoms with E-state index in [0.29, 0.717) is 24.1 Å². The van der Waals surface area contributed by atoms with Crippen LogP contribution in [0.1, 0.15) is 23.5 Å². The molecule has 7 nitrogen and oxygen atoms in total. The Labute approximate surface area is 187 Å². The molecule has 0 N–H and O–H groups in total. The van der Waals surface area contributed by atoms with Crippen LogP contribution >= 0.6 is 12.2 Å². The first-order valence-electron chi connectivity index (χ1n) is 10.6. The molecular formula is C23H27N5O2S. The van der Waals surface area contributed by atoms with Crippen molar-refractivity contribution in [2.24, 2.45) is 7.05 Å². The molecule has 1 aromatic heterocycles. The lowest BCUT2D eigenvalue weighted by atomic mass is 10.0. The summed E-state index contributed by atoms with van der Waals surface area (Å²) in [7, 11) is 4.12. The number of likely N-dealkylation sites (N-methyl/N-ethyl adjacent to an activating group) is 1. The second-order valence-electron chi connectivity index (χ2n) is 8.21. The van der Waals surface area contributed by atoms with Crippen LogP contribution in [0.4, 0.5) is 0 Å². The maximum absolute atomic E-state index is 6.17. The van der Waals surface area contributed by atoms with Crippen molar-refractivity contribution in [3.05, 3.63) is 70.8 Å². The average Bonchev–Trinajstić information content (AvgIpc) is 3.09. The van der Waals surface area contributed by atoms with Gasteiger partial charge in [0.15, 0.2) is 28.2 Å². The standard InChI is InChI=1S/C23H27N5O2S/c1-25-12-13-27(18(14-25)17-8-4-3-5-9-17)16-28-23(31)26(2)22(24-28)21-15-29-19-10-6-7-11-20(19)30-21/h3-11,18,21H,12-16H2,1-2H3. The number of para-hydroxylation sites is 2. The molecule has 162 valence electrons. The third-order valence-corrected chi connectivity index (χ3v) is 6.55. The lowest BCUT2D eigenvalue weighted by Crippen LogP contribution is -2.47. The molecule has 2 aromatic carbocycles. The molecule has 5 rings (SSSR count). The molecule has 0 saturated carbocycles. The Kier molecular flexibility index (Phi) is 5.52. The van der Waals surface area contributed by atoms with Crippen LogP contribution in [-0.4, -0.2) is 57.4 Å². The second-order valence-corrected chi connectivity index (χ2v) is 8.57. The van der Waals surface area contributed by atoms with Gasteiger partial charge in [-0.3, -0.25) is 4.90 Å². The fourth-order valence-electron chi connectivity index (χ4n) is 4.31. The number of aromatic nitrogens is 3. The van der Waals surface area contributed by atoms with Gasteiger partial charge in [-0.2, -0.15) is 5.10 Å². The Balaban J connectivity index is 1.39. The molecule has 8 heteroatoms. The van der Waals surface area contributed by atoms with Gasteiger partial charge in [-0.25, -0.2) is 4.68 Å². The predicted molar refractivity (Wildman–Crippen MR) is 121 cm³/mol. The lowest BCUT2D eigenvalue weighted by Gasteiger charge is -2.40. The van der Waals surface area contributed by atoms with Crippen LogP contribution in [0, 0.1) is 4.77 Å². The highest BCUT2D eigenvalue weighted by atomic mass is 32.1. The van der Waals surface area contributed by atoms with Gasteiger partial charge >= 0.3 is 0 Å². The molecule has 1 saturated heterocycles. The molecule has 0 radical (unpaired) electrons. The molecule has 0 amide bonds. The summed E-state index contributed by atoms with van der Waals surface area (Å²) in [6.45, 7) is 4.02. The van der Waals surface area contributed by atoms with Crippen LogP contribution in [0.15, 0.2) is 54.6 Å². The number of hydrogen-bond acceptors (Lipinski definition) is 6. The van der Waals surface area contributed by atoms with Crippen LogP contribution in [-0.2, 0) is 13.7 Å². The first-order valence-corrected chi connectivity index (χ1v) is 11.0. The summed E-state index contributed by atoms with van der Waals surface area (Å²) in [4.78, 5) is 4.83. The zero-order chi connectivity index (χ0) is 21.4. The van der Waals surface area contributed by atoms with E-state index in [1.807, 2.05) is 40.6 Å². The molecule has 0 bridgehead atoms. The van der Waals surface area contributed by atoms with Crippen LogP contribution in [0.2, 0.25) is 0 Å². The number of rotatable bonds is 4. The van der Waals surface area contributed by atoms with E-state index in [-0.39, 0.29) is 6.10 Å². The van der Waals surface area contributed by atoms with Crippen molar-refractivity contribution in [3.63, 3.8) is 0 Å². The van der Waals surface area contributed by atoms with E-state index in [0.717, 1.165) is 37.0 Å². The smallest absolute Gasteiger partial charge is 0.198 e. The maximum Gasteiger partial charge on any atom is 0.198 e. The molecular weight excluding hydrogens is 410 g/mol. The third-order valence-electron chi connectivity index (χ3n) is 6.07. The first kappa shape index (κ1) is 20.2. The van der Waals surface area contributed by atoms with Crippen molar-refractivity contribution in [2.75, 3.05) is 33.3 Å². The van der Waals surface area contributed by atoms with E-state index in [4.69, 9.17) is 26.8 Å². The molecule has 0 spiro atoms. The van der Waals surface area contributed by atoms with Crippen LogP contribution in [0.5, 0.6) is 11.5 Å². The maximum atomic E-state index is 6.17. The van der Waals surface area contributed by atoms with Crippen molar-refractivity contribution in [2.45, 2.75) is 18.8 Å². The van der Waals surface area contributed by atoms with Crippen LogP contribution in [0.25, 0.3) is 0 Å². The molecule has 0 aliphatic carbocycles. The minimum Gasteiger partial charge on any atom is -0.485 e. The Morgan fingerprint density at radius 1 is 1.00 bits per heavy atom. The van der Waals surface area contributed by atoms with Gasteiger partial charge in [-0.1, -0.05) is 42.5 Å². The largest absolute Gasteiger partial charge is 0.485 e. The van der Waals surface area contributed by atoms with E-state index in [9.17, 15) is 0 Å². The fraction of sp³-hybridized carbons (Fsp3) is 0.391. The Bertz CT molecular complexity index is 1110. The van der Waals surface area contributed by atoms with Gasteiger partial charge in [-0.15, -0.1) is 0 Å². The van der Waals surface area contributed by atoms with Gasteiger partial charge in [0.05, 0.1) is 6.67 Å². The number of fused-ring (bicyclic) bond motifs is 1. The first-order chi connectivity index (χ1) is 15.1. The zero-order valence-corrected chi connectivity index (χ0v) is 18.7. The molecule has 2 aliphatic heterocycles. The molecule has 1 fully saturated rings. The van der Waals surface area contributed by atoms with E-state index >= 15 is 0 Å². The van der Waals surface area contributed by atoms with Gasteiger partial charge in [0, 0.05) is 32.7 Å². The fourth-order valence-corrected chi connectivity index (χ4v) is 4.51. The van der Waals surface area contributed by atoms with Gasteiger partial charge in [-0.05, 0) is 37.0 Å². The van der Waals surface area contributed by atoms with Crippen molar-refractivity contribution in [1.29, 1.82) is 0 Å². The van der Waals surface area contributed by atoms with E-state index in [1.54, 1.807) is 0 Å². The molecule has 3 aromatic rings. The van der Waals surface area contributed by atoms with E-state index < -0.39 is 0 Å². The lowest BCUT2D eigenvalue weighted by molar-refractivity contribution is 0.0567. The SMILES string of the molecule is CN1CCN(Cn2nc(C3COc4ccccc4O3)n(C)c2=S)C(c2ccccc2)C1. The van der Waals surface area contributed by atoms with Gasteiger partial charge < -0.3 is 18.9 Å². The zero-order valence-electron chi connectivity index (χ0n) is 17.8. The molecule has 2 aliphatic rings. The highest BCUT2D eigenvalue weighted by molar-refractivity contribution is 7.71. The number of ether oxygens (including phenoxy) is 2. The number of piperazine rings is 1. The summed E-state index contributed by atoms with van der Waals surface area (Å²) in [5.41, 5.74) is 1.32. The summed E-state index contributed by atoms with van der Waals surface area (Å²) in [6, 6.07) is 18.7. The van der Waals surface area contributed by atoms with E-state index in [1.165, 1.54) is 5.56 Å². The normalized spacial score (nSPS) is 21.9. The molecule has 2 atom stereocenters. The van der Waals surface area contributed by atoms with Gasteiger partial charge in [0.1, 0.15) is 6.61 Å². The van der Waals surface area contributed by atoms with Crippen molar-refractivity contribution in [3.8, 4) is 11.5 Å². The van der Waals surface area contributed by atoms with E-state index in [2.05, 4.69) is 47.2 Å². The second kappa shape index (κ2) is 8.45. The van der Waals surface area contributed by atoms with Crippen molar-refractivity contribution in [1.82, 2.24) is 24.1 Å². The highest BCUT2D eigenvalue weighted by Crippen LogP contribution is 2.35. The minimum atomic E-state index is -0.291. The summed E-state index contributed by atoms with van der Waals surface area (Å²) in [5.74, 6) is 2.29. The number of hydrogen-bond donors (Lipinski definition) is 0. The Hall–Kier alpha value is -2.68. The quantitative estimate of drug-likeness (QED) is 0.583.